The largest absolute Gasteiger partial charge is 0.343 e. The van der Waals surface area contributed by atoms with Crippen molar-refractivity contribution in [3.05, 3.63) is 38.5 Å². The lowest BCUT2D eigenvalue weighted by molar-refractivity contribution is 0.0930. The second kappa shape index (κ2) is 5.88. The summed E-state index contributed by atoms with van der Waals surface area (Å²) in [5.74, 6) is -0.0760. The molecule has 1 N–H and O–H groups in total. The molecule has 0 aromatic carbocycles. The summed E-state index contributed by atoms with van der Waals surface area (Å²) in [5.41, 5.74) is 1.65. The van der Waals surface area contributed by atoms with E-state index < -0.39 is 0 Å². The Morgan fingerprint density at radius 1 is 1.63 bits per heavy atom. The van der Waals surface area contributed by atoms with Crippen molar-refractivity contribution >= 4 is 33.2 Å². The van der Waals surface area contributed by atoms with Crippen molar-refractivity contribution in [2.24, 2.45) is 0 Å². The topological polar surface area (TPSA) is 46.9 Å². The first-order valence-corrected chi connectivity index (χ1v) is 7.77. The Morgan fingerprint density at radius 2 is 2.37 bits per heavy atom. The zero-order valence-corrected chi connectivity index (χ0v) is 13.5. The van der Waals surface area contributed by atoms with Crippen LogP contribution in [0.3, 0.4) is 0 Å². The van der Waals surface area contributed by atoms with E-state index in [0.29, 0.717) is 5.69 Å². The number of aromatic nitrogens is 2. The van der Waals surface area contributed by atoms with Crippen molar-refractivity contribution < 1.29 is 4.79 Å². The van der Waals surface area contributed by atoms with Gasteiger partial charge in [-0.2, -0.15) is 0 Å². The smallest absolute Gasteiger partial charge is 0.268 e. The fraction of sp³-hybridized carbons (Fsp3) is 0.385. The molecule has 0 saturated carbocycles. The van der Waals surface area contributed by atoms with Crippen LogP contribution in [-0.2, 0) is 6.54 Å². The molecule has 2 aromatic heterocycles. The third-order valence-corrected chi connectivity index (χ3v) is 4.37. The van der Waals surface area contributed by atoms with Crippen LogP contribution >= 0.6 is 27.3 Å². The van der Waals surface area contributed by atoms with Crippen LogP contribution in [0.2, 0.25) is 0 Å². The Hall–Kier alpha value is -1.14. The molecule has 0 saturated heterocycles. The Balaban J connectivity index is 2.12. The Morgan fingerprint density at radius 3 is 2.95 bits per heavy atom. The van der Waals surface area contributed by atoms with E-state index >= 15 is 0 Å². The van der Waals surface area contributed by atoms with Crippen LogP contribution in [0, 0.1) is 6.92 Å². The monoisotopic (exact) mass is 341 g/mol. The third-order valence-electron chi connectivity index (χ3n) is 2.79. The number of rotatable bonds is 4. The van der Waals surface area contributed by atoms with Gasteiger partial charge in [0.05, 0.1) is 6.04 Å². The number of halogens is 1. The first-order valence-electron chi connectivity index (χ1n) is 6.09. The highest BCUT2D eigenvalue weighted by molar-refractivity contribution is 9.10. The molecular formula is C13H16BrN3OS. The number of nitrogens with one attached hydrogen (secondary N) is 1. The van der Waals surface area contributed by atoms with Crippen LogP contribution in [0.5, 0.6) is 0 Å². The molecule has 0 fully saturated rings. The average Bonchev–Trinajstić information content (AvgIpc) is 2.95. The number of amides is 1. The number of thiazole rings is 1. The van der Waals surface area contributed by atoms with Crippen molar-refractivity contribution in [1.29, 1.82) is 0 Å². The molecule has 1 amide bonds. The predicted octanol–water partition coefficient (Wildman–Crippen LogP) is 3.53. The predicted molar refractivity (Wildman–Crippen MR) is 80.5 cm³/mol. The quantitative estimate of drug-likeness (QED) is 0.924. The number of carbonyl (C=O) groups is 1. The second-order valence-electron chi connectivity index (χ2n) is 4.35. The van der Waals surface area contributed by atoms with Gasteiger partial charge in [0.25, 0.3) is 5.91 Å². The lowest BCUT2D eigenvalue weighted by Gasteiger charge is -2.12. The van der Waals surface area contributed by atoms with Crippen molar-refractivity contribution in [3.63, 3.8) is 0 Å². The van der Waals surface area contributed by atoms with Crippen LogP contribution in [0.4, 0.5) is 0 Å². The fourth-order valence-corrected chi connectivity index (χ4v) is 3.10. The van der Waals surface area contributed by atoms with Gasteiger partial charge < -0.3 is 9.88 Å². The molecule has 1 atom stereocenters. The number of carbonyl (C=O) groups excluding carboxylic acids is 1. The standard InChI is InChI=1S/C13H16BrN3OS/c1-4-17-6-10(14)5-11(17)12(18)16-9(3)13-15-8(2)7-19-13/h5-7,9H,4H2,1-3H3,(H,16,18). The normalized spacial score (nSPS) is 12.4. The summed E-state index contributed by atoms with van der Waals surface area (Å²) in [5, 5.41) is 5.90. The summed E-state index contributed by atoms with van der Waals surface area (Å²) >= 11 is 4.96. The zero-order valence-electron chi connectivity index (χ0n) is 11.1. The van der Waals surface area contributed by atoms with Crippen molar-refractivity contribution in [1.82, 2.24) is 14.9 Å². The minimum absolute atomic E-state index is 0.0760. The van der Waals surface area contributed by atoms with Gasteiger partial charge >= 0.3 is 0 Å². The summed E-state index contributed by atoms with van der Waals surface area (Å²) in [6, 6.07) is 1.75. The molecule has 1 unspecified atom stereocenters. The highest BCUT2D eigenvalue weighted by Gasteiger charge is 2.17. The van der Waals surface area contributed by atoms with Gasteiger partial charge in [-0.15, -0.1) is 11.3 Å². The van der Waals surface area contributed by atoms with E-state index in [1.807, 2.05) is 43.0 Å². The van der Waals surface area contributed by atoms with Crippen molar-refractivity contribution in [2.45, 2.75) is 33.4 Å². The maximum atomic E-state index is 12.3. The maximum Gasteiger partial charge on any atom is 0.268 e. The van der Waals surface area contributed by atoms with E-state index in [-0.39, 0.29) is 11.9 Å². The minimum atomic E-state index is -0.0785. The SMILES string of the molecule is CCn1cc(Br)cc1C(=O)NC(C)c1nc(C)cs1. The van der Waals surface area contributed by atoms with Crippen molar-refractivity contribution in [2.75, 3.05) is 0 Å². The molecule has 19 heavy (non-hydrogen) atoms. The van der Waals surface area contributed by atoms with E-state index in [9.17, 15) is 4.79 Å². The lowest BCUT2D eigenvalue weighted by Crippen LogP contribution is -2.28. The zero-order chi connectivity index (χ0) is 14.0. The van der Waals surface area contributed by atoms with E-state index in [2.05, 4.69) is 26.2 Å². The van der Waals surface area contributed by atoms with Gasteiger partial charge in [-0.25, -0.2) is 4.98 Å². The molecule has 0 aliphatic carbocycles. The van der Waals surface area contributed by atoms with Crippen LogP contribution in [0.15, 0.2) is 22.1 Å². The highest BCUT2D eigenvalue weighted by Crippen LogP contribution is 2.19. The van der Waals surface area contributed by atoms with Crippen LogP contribution in [0.25, 0.3) is 0 Å². The van der Waals surface area contributed by atoms with Gasteiger partial charge in [0.15, 0.2) is 0 Å². The summed E-state index contributed by atoms with van der Waals surface area (Å²) in [6.07, 6.45) is 1.91. The molecule has 102 valence electrons. The Bertz CT molecular complexity index is 590. The Kier molecular flexibility index (Phi) is 4.42. The summed E-state index contributed by atoms with van der Waals surface area (Å²) in [7, 11) is 0. The number of hydrogen-bond donors (Lipinski definition) is 1. The molecule has 0 radical (unpaired) electrons. The lowest BCUT2D eigenvalue weighted by atomic mass is 10.3. The highest BCUT2D eigenvalue weighted by atomic mass is 79.9. The summed E-state index contributed by atoms with van der Waals surface area (Å²) < 4.78 is 2.83. The number of nitrogens with zero attached hydrogens (tertiary/aromatic N) is 2. The molecule has 2 aromatic rings. The van der Waals surface area contributed by atoms with E-state index in [0.717, 1.165) is 21.7 Å². The van der Waals surface area contributed by atoms with E-state index in [1.165, 1.54) is 0 Å². The molecule has 0 spiro atoms. The van der Waals surface area contributed by atoms with Gasteiger partial charge in [0.2, 0.25) is 0 Å². The molecule has 2 heterocycles. The molecular weight excluding hydrogens is 326 g/mol. The van der Waals surface area contributed by atoms with Gasteiger partial charge in [-0.1, -0.05) is 0 Å². The number of hydrogen-bond acceptors (Lipinski definition) is 3. The van der Waals surface area contributed by atoms with E-state index in [4.69, 9.17) is 0 Å². The van der Waals surface area contributed by atoms with Gasteiger partial charge in [0, 0.05) is 28.3 Å². The molecule has 6 heteroatoms. The maximum absolute atomic E-state index is 12.3. The van der Waals surface area contributed by atoms with Crippen molar-refractivity contribution in [3.8, 4) is 0 Å². The first kappa shape index (κ1) is 14.3. The molecule has 0 aliphatic rings. The summed E-state index contributed by atoms with van der Waals surface area (Å²) in [4.78, 5) is 16.6. The van der Waals surface area contributed by atoms with Crippen LogP contribution < -0.4 is 5.32 Å². The first-order chi connectivity index (χ1) is 9.01. The van der Waals surface area contributed by atoms with Gasteiger partial charge in [0.1, 0.15) is 10.7 Å². The molecule has 4 nitrogen and oxygen atoms in total. The molecule has 0 bridgehead atoms. The average molecular weight is 342 g/mol. The van der Waals surface area contributed by atoms with Crippen LogP contribution in [0.1, 0.15) is 41.1 Å². The molecule has 0 aliphatic heterocycles. The Labute approximate surface area is 125 Å². The minimum Gasteiger partial charge on any atom is -0.343 e. The molecule has 2 rings (SSSR count). The third kappa shape index (κ3) is 3.25. The summed E-state index contributed by atoms with van der Waals surface area (Å²) in [6.45, 7) is 6.67. The van der Waals surface area contributed by atoms with E-state index in [1.54, 1.807) is 11.3 Å². The second-order valence-corrected chi connectivity index (χ2v) is 6.16. The van der Waals surface area contributed by atoms with Gasteiger partial charge in [-0.3, -0.25) is 4.79 Å². The van der Waals surface area contributed by atoms with Crippen LogP contribution in [-0.4, -0.2) is 15.5 Å². The van der Waals surface area contributed by atoms with Gasteiger partial charge in [-0.05, 0) is 42.8 Å². The number of aryl methyl sites for hydroxylation is 2. The fourth-order valence-electron chi connectivity index (χ4n) is 1.83.